The molecule has 1 heterocycles. The Kier molecular flexibility index (Phi) is 2.68. The molecule has 0 fully saturated rings. The van der Waals surface area contributed by atoms with Gasteiger partial charge in [0, 0.05) is 12.6 Å². The lowest BCUT2D eigenvalue weighted by molar-refractivity contribution is 0.133. The van der Waals surface area contributed by atoms with E-state index in [0.717, 1.165) is 0 Å². The molecule has 0 aliphatic heterocycles. The molecule has 1 aromatic rings. The van der Waals surface area contributed by atoms with Crippen LogP contribution in [0.3, 0.4) is 0 Å². The van der Waals surface area contributed by atoms with Crippen molar-refractivity contribution in [1.82, 2.24) is 15.0 Å². The van der Waals surface area contributed by atoms with E-state index in [9.17, 15) is 5.11 Å². The molecule has 1 atom stereocenters. The van der Waals surface area contributed by atoms with Crippen molar-refractivity contribution in [1.29, 1.82) is 0 Å². The summed E-state index contributed by atoms with van der Waals surface area (Å²) >= 11 is 0. The first-order chi connectivity index (χ1) is 5.90. The predicted octanol–water partition coefficient (Wildman–Crippen LogP) is -0.0241. The number of rotatable bonds is 3. The van der Waals surface area contributed by atoms with E-state index in [1.165, 1.54) is 0 Å². The molecule has 0 bridgehead atoms. The van der Waals surface area contributed by atoms with Gasteiger partial charge in [-0.2, -0.15) is 0 Å². The second kappa shape index (κ2) is 3.43. The zero-order valence-electron chi connectivity index (χ0n) is 8.23. The fourth-order valence-electron chi connectivity index (χ4n) is 1.20. The molecule has 0 saturated heterocycles. The maximum atomic E-state index is 9.75. The average molecular weight is 184 g/mol. The molecule has 1 aromatic heterocycles. The van der Waals surface area contributed by atoms with Crippen LogP contribution in [0.5, 0.6) is 0 Å². The van der Waals surface area contributed by atoms with E-state index in [0.29, 0.717) is 12.1 Å². The van der Waals surface area contributed by atoms with Crippen LogP contribution >= 0.6 is 0 Å². The van der Waals surface area contributed by atoms with Gasteiger partial charge in [-0.15, -0.1) is 5.10 Å². The summed E-state index contributed by atoms with van der Waals surface area (Å²) in [5, 5.41) is 17.2. The lowest BCUT2D eigenvalue weighted by Crippen LogP contribution is -2.34. The maximum absolute atomic E-state index is 9.75. The minimum atomic E-state index is -0.597. The number of aromatic nitrogens is 3. The van der Waals surface area contributed by atoms with Gasteiger partial charge in [0.15, 0.2) is 0 Å². The van der Waals surface area contributed by atoms with Crippen LogP contribution in [0.4, 0.5) is 0 Å². The molecule has 5 heteroatoms. The summed E-state index contributed by atoms with van der Waals surface area (Å²) in [6.07, 6.45) is 1.45. The highest BCUT2D eigenvalue weighted by Gasteiger charge is 2.20. The van der Waals surface area contributed by atoms with Crippen molar-refractivity contribution in [2.24, 2.45) is 12.8 Å². The van der Waals surface area contributed by atoms with Crippen molar-refractivity contribution in [3.63, 3.8) is 0 Å². The van der Waals surface area contributed by atoms with E-state index in [-0.39, 0.29) is 5.54 Å². The van der Waals surface area contributed by atoms with Crippen LogP contribution in [-0.2, 0) is 7.05 Å². The molecule has 3 N–H and O–H groups in total. The van der Waals surface area contributed by atoms with E-state index < -0.39 is 6.10 Å². The number of aryl methyl sites for hydroxylation is 1. The second-order valence-electron chi connectivity index (χ2n) is 3.99. The van der Waals surface area contributed by atoms with Gasteiger partial charge in [0.25, 0.3) is 0 Å². The molecule has 0 radical (unpaired) electrons. The number of aliphatic hydroxyl groups excluding tert-OH is 1. The zero-order chi connectivity index (χ0) is 10.1. The largest absolute Gasteiger partial charge is 0.387 e. The maximum Gasteiger partial charge on any atom is 0.0990 e. The quantitative estimate of drug-likeness (QED) is 0.692. The van der Waals surface area contributed by atoms with Crippen molar-refractivity contribution < 1.29 is 5.11 Å². The summed E-state index contributed by atoms with van der Waals surface area (Å²) in [5.74, 6) is 0. The molecule has 5 nitrogen and oxygen atoms in total. The predicted molar refractivity (Wildman–Crippen MR) is 48.8 cm³/mol. The molecule has 0 aliphatic rings. The molecule has 0 amide bonds. The highest BCUT2D eigenvalue weighted by Crippen LogP contribution is 2.20. The van der Waals surface area contributed by atoms with Crippen LogP contribution in [0, 0.1) is 0 Å². The van der Waals surface area contributed by atoms with E-state index in [1.54, 1.807) is 17.9 Å². The van der Waals surface area contributed by atoms with Gasteiger partial charge in [0.1, 0.15) is 0 Å². The molecule has 0 spiro atoms. The molecular weight excluding hydrogens is 168 g/mol. The van der Waals surface area contributed by atoms with Crippen LogP contribution in [0.25, 0.3) is 0 Å². The number of nitrogens with zero attached hydrogens (tertiary/aromatic N) is 3. The highest BCUT2D eigenvalue weighted by atomic mass is 16.3. The van der Waals surface area contributed by atoms with Gasteiger partial charge in [-0.25, -0.2) is 4.68 Å². The molecule has 74 valence electrons. The molecule has 0 aromatic carbocycles. The standard InChI is InChI=1S/C8H16N4O/c1-8(2,9)4-7(13)6-5-10-11-12(6)3/h5,7,13H,4,9H2,1-3H3. The van der Waals surface area contributed by atoms with Gasteiger partial charge in [0.2, 0.25) is 0 Å². The fraction of sp³-hybridized carbons (Fsp3) is 0.750. The third-order valence-corrected chi connectivity index (χ3v) is 1.81. The lowest BCUT2D eigenvalue weighted by Gasteiger charge is -2.21. The molecule has 1 unspecified atom stereocenters. The van der Waals surface area contributed by atoms with Crippen molar-refractivity contribution in [3.8, 4) is 0 Å². The zero-order valence-corrected chi connectivity index (χ0v) is 8.23. The van der Waals surface area contributed by atoms with Gasteiger partial charge in [-0.1, -0.05) is 5.21 Å². The summed E-state index contributed by atoms with van der Waals surface area (Å²) in [6, 6.07) is 0. The van der Waals surface area contributed by atoms with E-state index in [1.807, 2.05) is 13.8 Å². The van der Waals surface area contributed by atoms with E-state index >= 15 is 0 Å². The smallest absolute Gasteiger partial charge is 0.0990 e. The van der Waals surface area contributed by atoms with Crippen LogP contribution in [0.15, 0.2) is 6.20 Å². The van der Waals surface area contributed by atoms with Gasteiger partial charge in [-0.3, -0.25) is 0 Å². The topological polar surface area (TPSA) is 77.0 Å². The SMILES string of the molecule is Cn1nncc1C(O)CC(C)(C)N. The van der Waals surface area contributed by atoms with Crippen molar-refractivity contribution in [3.05, 3.63) is 11.9 Å². The first kappa shape index (κ1) is 10.1. The molecule has 0 saturated carbocycles. The van der Waals surface area contributed by atoms with Crippen LogP contribution < -0.4 is 5.73 Å². The number of hydrogen-bond acceptors (Lipinski definition) is 4. The number of hydrogen-bond donors (Lipinski definition) is 2. The Morgan fingerprint density at radius 3 is 2.69 bits per heavy atom. The third-order valence-electron chi connectivity index (χ3n) is 1.81. The van der Waals surface area contributed by atoms with Crippen LogP contribution in [0.2, 0.25) is 0 Å². The highest BCUT2D eigenvalue weighted by molar-refractivity contribution is 5.00. The van der Waals surface area contributed by atoms with E-state index in [2.05, 4.69) is 10.3 Å². The first-order valence-corrected chi connectivity index (χ1v) is 4.22. The molecular formula is C8H16N4O. The molecule has 0 aliphatic carbocycles. The average Bonchev–Trinajstić information content (AvgIpc) is 2.30. The number of nitrogens with two attached hydrogens (primary N) is 1. The Hall–Kier alpha value is -0.940. The van der Waals surface area contributed by atoms with Crippen LogP contribution in [0.1, 0.15) is 32.1 Å². The van der Waals surface area contributed by atoms with Crippen molar-refractivity contribution >= 4 is 0 Å². The van der Waals surface area contributed by atoms with Gasteiger partial charge >= 0.3 is 0 Å². The van der Waals surface area contributed by atoms with E-state index in [4.69, 9.17) is 5.73 Å². The molecule has 1 rings (SSSR count). The summed E-state index contributed by atoms with van der Waals surface area (Å²) in [7, 11) is 1.75. The molecule has 13 heavy (non-hydrogen) atoms. The minimum absolute atomic E-state index is 0.385. The monoisotopic (exact) mass is 184 g/mol. The Morgan fingerprint density at radius 1 is 1.69 bits per heavy atom. The Balaban J connectivity index is 2.69. The van der Waals surface area contributed by atoms with Crippen molar-refractivity contribution in [2.45, 2.75) is 31.9 Å². The summed E-state index contributed by atoms with van der Waals surface area (Å²) in [6.45, 7) is 3.75. The fourth-order valence-corrected chi connectivity index (χ4v) is 1.20. The third kappa shape index (κ3) is 2.78. The first-order valence-electron chi connectivity index (χ1n) is 4.22. The Labute approximate surface area is 77.6 Å². The Bertz CT molecular complexity index is 276. The lowest BCUT2D eigenvalue weighted by atomic mass is 9.97. The van der Waals surface area contributed by atoms with Crippen LogP contribution in [-0.4, -0.2) is 25.6 Å². The van der Waals surface area contributed by atoms with Crippen molar-refractivity contribution in [2.75, 3.05) is 0 Å². The summed E-state index contributed by atoms with van der Waals surface area (Å²) in [5.41, 5.74) is 6.09. The summed E-state index contributed by atoms with van der Waals surface area (Å²) in [4.78, 5) is 0. The normalized spacial score (nSPS) is 14.5. The second-order valence-corrected chi connectivity index (χ2v) is 3.99. The van der Waals surface area contributed by atoms with Gasteiger partial charge < -0.3 is 10.8 Å². The van der Waals surface area contributed by atoms with Gasteiger partial charge in [0.05, 0.1) is 18.0 Å². The minimum Gasteiger partial charge on any atom is -0.387 e. The summed E-state index contributed by atoms with van der Waals surface area (Å²) < 4.78 is 1.55. The van der Waals surface area contributed by atoms with Gasteiger partial charge in [-0.05, 0) is 20.3 Å². The number of aliphatic hydroxyl groups is 1. The Morgan fingerprint density at radius 2 is 2.31 bits per heavy atom.